The van der Waals surface area contributed by atoms with Crippen LogP contribution in [0.5, 0.6) is 17.2 Å². The summed E-state index contributed by atoms with van der Waals surface area (Å²) in [6, 6.07) is 12.4. The highest BCUT2D eigenvalue weighted by molar-refractivity contribution is 6.33. The summed E-state index contributed by atoms with van der Waals surface area (Å²) in [6.45, 7) is 1.18. The van der Waals surface area contributed by atoms with Crippen molar-refractivity contribution in [3.05, 3.63) is 81.3 Å². The molecule has 1 unspecified atom stereocenters. The number of carboxylic acid groups (broad SMARTS) is 1. The maximum atomic E-state index is 14.3. The Labute approximate surface area is 220 Å². The predicted molar refractivity (Wildman–Crippen MR) is 132 cm³/mol. The minimum atomic E-state index is -4.61. The quantitative estimate of drug-likeness (QED) is 0.347. The normalized spacial score (nSPS) is 15.0. The lowest BCUT2D eigenvalue weighted by Gasteiger charge is -2.30. The van der Waals surface area contributed by atoms with Crippen molar-refractivity contribution in [2.75, 3.05) is 18.6 Å². The lowest BCUT2D eigenvalue weighted by molar-refractivity contribution is -0.154. The van der Waals surface area contributed by atoms with E-state index in [1.807, 2.05) is 0 Å². The van der Waals surface area contributed by atoms with E-state index in [0.717, 1.165) is 0 Å². The van der Waals surface area contributed by atoms with Crippen LogP contribution in [0.2, 0.25) is 10.0 Å². The molecule has 37 heavy (non-hydrogen) atoms. The maximum Gasteiger partial charge on any atom is 0.396 e. The fourth-order valence-electron chi connectivity index (χ4n) is 4.24. The van der Waals surface area contributed by atoms with Crippen LogP contribution in [0.3, 0.4) is 0 Å². The number of carbonyl (C=O) groups excluding carboxylic acids is 1. The van der Waals surface area contributed by atoms with Gasteiger partial charge in [-0.05, 0) is 53.4 Å². The van der Waals surface area contributed by atoms with E-state index in [4.69, 9.17) is 37.8 Å². The van der Waals surface area contributed by atoms with Crippen molar-refractivity contribution in [1.82, 2.24) is 0 Å². The van der Waals surface area contributed by atoms with Crippen LogP contribution in [-0.4, -0.2) is 36.8 Å². The smallest absolute Gasteiger partial charge is 0.396 e. The summed E-state index contributed by atoms with van der Waals surface area (Å²) in [5.41, 5.74) is 0.525. The Kier molecular flexibility index (Phi) is 7.30. The van der Waals surface area contributed by atoms with Crippen molar-refractivity contribution in [2.45, 2.75) is 24.9 Å². The van der Waals surface area contributed by atoms with E-state index in [1.165, 1.54) is 73.5 Å². The van der Waals surface area contributed by atoms with Gasteiger partial charge in [0.05, 0.1) is 22.2 Å². The lowest BCUT2D eigenvalue weighted by atomic mass is 9.82. The van der Waals surface area contributed by atoms with Crippen molar-refractivity contribution < 1.29 is 37.3 Å². The molecule has 1 aliphatic heterocycles. The summed E-state index contributed by atoms with van der Waals surface area (Å²) in [5, 5.41) is 9.12. The summed E-state index contributed by atoms with van der Waals surface area (Å²) in [5.74, 6) is -3.80. The van der Waals surface area contributed by atoms with Gasteiger partial charge >= 0.3 is 12.1 Å². The van der Waals surface area contributed by atoms with Gasteiger partial charge in [0.15, 0.2) is 6.61 Å². The predicted octanol–water partition coefficient (Wildman–Crippen LogP) is 7.29. The number of ether oxygens (including phenoxy) is 2. The number of nitrogens with zero attached hydrogens (tertiary/aromatic N) is 1. The molecular weight excluding hydrogens is 534 g/mol. The van der Waals surface area contributed by atoms with Crippen molar-refractivity contribution in [2.24, 2.45) is 0 Å². The molecule has 0 aromatic heterocycles. The van der Waals surface area contributed by atoms with Crippen LogP contribution in [0.4, 0.5) is 18.9 Å². The number of rotatable bonds is 6. The van der Waals surface area contributed by atoms with Crippen molar-refractivity contribution in [1.29, 1.82) is 0 Å². The monoisotopic (exact) mass is 553 g/mol. The highest BCUT2D eigenvalue weighted by Crippen LogP contribution is 2.48. The van der Waals surface area contributed by atoms with Crippen LogP contribution in [0, 0.1) is 0 Å². The number of carbonyl (C=O) groups is 2. The van der Waals surface area contributed by atoms with Crippen LogP contribution in [0.15, 0.2) is 54.6 Å². The average Bonchev–Trinajstić information content (AvgIpc) is 2.80. The molecule has 0 saturated carbocycles. The largest absolute Gasteiger partial charge is 0.482 e. The van der Waals surface area contributed by atoms with Crippen LogP contribution in [0.1, 0.15) is 40.2 Å². The molecule has 0 bridgehead atoms. The average molecular weight is 554 g/mol. The Morgan fingerprint density at radius 1 is 1.05 bits per heavy atom. The Morgan fingerprint density at radius 3 is 2.30 bits per heavy atom. The van der Waals surface area contributed by atoms with E-state index in [0.29, 0.717) is 5.69 Å². The molecule has 0 spiro atoms. The molecule has 194 valence electrons. The van der Waals surface area contributed by atoms with Gasteiger partial charge in [-0.1, -0.05) is 42.3 Å². The summed E-state index contributed by atoms with van der Waals surface area (Å²) >= 11 is 12.4. The van der Waals surface area contributed by atoms with Gasteiger partial charge in [0, 0.05) is 18.1 Å². The number of hydrogen-bond acceptors (Lipinski definition) is 4. The Bertz CT molecular complexity index is 1380. The van der Waals surface area contributed by atoms with Gasteiger partial charge in [0.1, 0.15) is 17.2 Å². The van der Waals surface area contributed by atoms with Crippen LogP contribution in [0.25, 0.3) is 0 Å². The molecule has 3 aromatic rings. The summed E-state index contributed by atoms with van der Waals surface area (Å²) in [6.07, 6.45) is -4.61. The van der Waals surface area contributed by atoms with E-state index in [-0.39, 0.29) is 56.5 Å². The topological polar surface area (TPSA) is 76.1 Å². The van der Waals surface area contributed by atoms with E-state index in [9.17, 15) is 22.8 Å². The molecule has 2 atom stereocenters. The van der Waals surface area contributed by atoms with Crippen LogP contribution in [-0.2, 0) is 4.79 Å². The molecule has 6 nitrogen and oxygen atoms in total. The number of halogens is 5. The molecule has 1 N–H and O–H groups in total. The van der Waals surface area contributed by atoms with Gasteiger partial charge in [0.25, 0.3) is 5.91 Å². The minimum absolute atomic E-state index is 0.0222. The standard InChI is InChI=1S/C26H20Cl2F3NO5/c1-13(24(26(29,30)31)14-3-8-21-22(9-14)36-12-23(33)32(21)2)17-6-4-15(10-19(17)27)37-16-5-7-18(25(34)35)20(28)11-16/h3-11,13,24H,12H2,1-2H3,(H,34,35)/t13?,24-/m0/s1. The van der Waals surface area contributed by atoms with E-state index >= 15 is 0 Å². The van der Waals surface area contributed by atoms with Gasteiger partial charge in [-0.2, -0.15) is 13.2 Å². The van der Waals surface area contributed by atoms with Gasteiger partial charge < -0.3 is 19.5 Å². The molecule has 4 rings (SSSR count). The molecular formula is C26H20Cl2F3NO5. The first-order valence-electron chi connectivity index (χ1n) is 11.0. The Balaban J connectivity index is 1.62. The van der Waals surface area contributed by atoms with Crippen molar-refractivity contribution >= 4 is 40.8 Å². The highest BCUT2D eigenvalue weighted by Gasteiger charge is 2.45. The lowest BCUT2D eigenvalue weighted by Crippen LogP contribution is -2.35. The molecule has 0 aliphatic carbocycles. The second-order valence-electron chi connectivity index (χ2n) is 8.51. The number of aromatic carboxylic acids is 1. The first-order chi connectivity index (χ1) is 17.4. The fraction of sp³-hybridized carbons (Fsp3) is 0.231. The highest BCUT2D eigenvalue weighted by atomic mass is 35.5. The minimum Gasteiger partial charge on any atom is -0.482 e. The summed E-state index contributed by atoms with van der Waals surface area (Å²) in [7, 11) is 1.53. The second kappa shape index (κ2) is 10.1. The van der Waals surface area contributed by atoms with Gasteiger partial charge in [-0.3, -0.25) is 4.79 Å². The second-order valence-corrected chi connectivity index (χ2v) is 9.32. The molecule has 0 fully saturated rings. The number of amides is 1. The molecule has 0 radical (unpaired) electrons. The number of alkyl halides is 3. The van der Waals surface area contributed by atoms with Crippen molar-refractivity contribution in [3.8, 4) is 17.2 Å². The Morgan fingerprint density at radius 2 is 1.70 bits per heavy atom. The van der Waals surface area contributed by atoms with Crippen LogP contribution < -0.4 is 14.4 Å². The zero-order valence-corrected chi connectivity index (χ0v) is 21.0. The molecule has 1 amide bonds. The molecule has 11 heteroatoms. The first kappa shape index (κ1) is 26.6. The maximum absolute atomic E-state index is 14.3. The SMILES string of the molecule is CC(c1ccc(Oc2ccc(C(=O)O)c(Cl)c2)cc1Cl)[C@@H](c1ccc2c(c1)OCC(=O)N2C)C(F)(F)F. The number of fused-ring (bicyclic) bond motifs is 1. The zero-order chi connectivity index (χ0) is 27.1. The van der Waals surface area contributed by atoms with Gasteiger partial charge in [-0.15, -0.1) is 0 Å². The molecule has 1 heterocycles. The third kappa shape index (κ3) is 5.47. The van der Waals surface area contributed by atoms with E-state index in [1.54, 1.807) is 0 Å². The van der Waals surface area contributed by atoms with E-state index < -0.39 is 24.0 Å². The third-order valence-corrected chi connectivity index (χ3v) is 6.79. The number of benzene rings is 3. The molecule has 0 saturated heterocycles. The Hall–Kier alpha value is -3.43. The number of hydrogen-bond donors (Lipinski definition) is 1. The number of likely N-dealkylation sites (N-methyl/N-ethyl adjacent to an activating group) is 1. The summed E-state index contributed by atoms with van der Waals surface area (Å²) in [4.78, 5) is 24.3. The fourth-order valence-corrected chi connectivity index (χ4v) is 4.83. The number of carboxylic acids is 1. The van der Waals surface area contributed by atoms with Crippen LogP contribution >= 0.6 is 23.2 Å². The third-order valence-electron chi connectivity index (χ3n) is 6.15. The van der Waals surface area contributed by atoms with Gasteiger partial charge in [0.2, 0.25) is 0 Å². The molecule has 3 aromatic carbocycles. The van der Waals surface area contributed by atoms with Crippen molar-refractivity contribution in [3.63, 3.8) is 0 Å². The first-order valence-corrected chi connectivity index (χ1v) is 11.7. The number of anilines is 1. The summed E-state index contributed by atoms with van der Waals surface area (Å²) < 4.78 is 54.0. The van der Waals surface area contributed by atoms with E-state index in [2.05, 4.69) is 0 Å². The molecule has 1 aliphatic rings. The van der Waals surface area contributed by atoms with Gasteiger partial charge in [-0.25, -0.2) is 4.79 Å². The zero-order valence-electron chi connectivity index (χ0n) is 19.5.